The monoisotopic (exact) mass is 263 g/mol. The number of rotatable bonds is 4. The summed E-state index contributed by atoms with van der Waals surface area (Å²) in [7, 11) is 1.49. The van der Waals surface area contributed by atoms with Crippen LogP contribution in [-0.2, 0) is 0 Å². The second-order valence-electron chi connectivity index (χ2n) is 4.08. The van der Waals surface area contributed by atoms with Gasteiger partial charge in [-0.2, -0.15) is 0 Å². The fourth-order valence-electron chi connectivity index (χ4n) is 1.81. The number of furan rings is 1. The Morgan fingerprint density at radius 2 is 2.11 bits per heavy atom. The molecule has 0 aliphatic heterocycles. The second kappa shape index (κ2) is 5.11. The zero-order valence-electron chi connectivity index (χ0n) is 10.5. The maximum absolute atomic E-state index is 10.6. The number of aliphatic hydroxyl groups excluding tert-OH is 1. The molecule has 1 N–H and O–H groups in total. The topological polar surface area (TPSA) is 85.7 Å². The highest BCUT2D eigenvalue weighted by Gasteiger charge is 2.22. The van der Waals surface area contributed by atoms with E-state index in [1.165, 1.54) is 19.2 Å². The van der Waals surface area contributed by atoms with Crippen molar-refractivity contribution in [2.75, 3.05) is 7.11 Å². The molecule has 0 aliphatic rings. The number of aryl methyl sites for hydroxylation is 1. The lowest BCUT2D eigenvalue weighted by Gasteiger charge is -2.13. The largest absolute Gasteiger partial charge is 0.496 e. The third kappa shape index (κ3) is 2.58. The van der Waals surface area contributed by atoms with Crippen molar-refractivity contribution in [3.63, 3.8) is 0 Å². The molecule has 2 aromatic rings. The summed E-state index contributed by atoms with van der Waals surface area (Å²) >= 11 is 0. The van der Waals surface area contributed by atoms with Crippen LogP contribution < -0.4 is 4.74 Å². The van der Waals surface area contributed by atoms with Crippen molar-refractivity contribution < 1.29 is 19.2 Å². The molecule has 0 aliphatic carbocycles. The molecule has 6 nitrogen and oxygen atoms in total. The van der Waals surface area contributed by atoms with Gasteiger partial charge < -0.3 is 14.3 Å². The fourth-order valence-corrected chi connectivity index (χ4v) is 1.81. The SMILES string of the molecule is COc1ccc(C)cc1C(O)c1ccc([N+](=O)[O-])o1. The number of aliphatic hydroxyl groups is 1. The van der Waals surface area contributed by atoms with Crippen molar-refractivity contribution in [1.82, 2.24) is 0 Å². The highest BCUT2D eigenvalue weighted by molar-refractivity contribution is 5.41. The molecule has 2 rings (SSSR count). The molecular weight excluding hydrogens is 250 g/mol. The third-order valence-electron chi connectivity index (χ3n) is 2.74. The quantitative estimate of drug-likeness (QED) is 0.676. The van der Waals surface area contributed by atoms with Gasteiger partial charge in [0, 0.05) is 5.56 Å². The van der Waals surface area contributed by atoms with Crippen molar-refractivity contribution >= 4 is 5.88 Å². The van der Waals surface area contributed by atoms with Crippen molar-refractivity contribution in [3.05, 3.63) is 57.3 Å². The van der Waals surface area contributed by atoms with Crippen LogP contribution >= 0.6 is 0 Å². The Hall–Kier alpha value is -2.34. The van der Waals surface area contributed by atoms with Crippen LogP contribution in [0.1, 0.15) is 23.0 Å². The van der Waals surface area contributed by atoms with E-state index in [-0.39, 0.29) is 5.76 Å². The van der Waals surface area contributed by atoms with Gasteiger partial charge in [-0.25, -0.2) is 0 Å². The summed E-state index contributed by atoms with van der Waals surface area (Å²) in [5.41, 5.74) is 1.45. The van der Waals surface area contributed by atoms with E-state index < -0.39 is 16.9 Å². The van der Waals surface area contributed by atoms with E-state index in [4.69, 9.17) is 9.15 Å². The minimum absolute atomic E-state index is 0.107. The van der Waals surface area contributed by atoms with Gasteiger partial charge in [0.15, 0.2) is 0 Å². The zero-order chi connectivity index (χ0) is 14.0. The van der Waals surface area contributed by atoms with Crippen molar-refractivity contribution in [2.45, 2.75) is 13.0 Å². The lowest BCUT2D eigenvalue weighted by atomic mass is 10.0. The first-order chi connectivity index (χ1) is 9.02. The Kier molecular flexibility index (Phi) is 3.52. The van der Waals surface area contributed by atoms with Gasteiger partial charge in [-0.05, 0) is 25.1 Å². The molecular formula is C13H13NO5. The van der Waals surface area contributed by atoms with Crippen LogP contribution in [0.3, 0.4) is 0 Å². The standard InChI is InChI=1S/C13H13NO5/c1-8-3-4-10(18-2)9(7-8)13(15)11-5-6-12(19-11)14(16)17/h3-7,13,15H,1-2H3. The summed E-state index contributed by atoms with van der Waals surface area (Å²) in [5.74, 6) is 0.202. The summed E-state index contributed by atoms with van der Waals surface area (Å²) in [6.45, 7) is 1.88. The van der Waals surface area contributed by atoms with E-state index in [1.807, 2.05) is 13.0 Å². The molecule has 0 fully saturated rings. The van der Waals surface area contributed by atoms with Gasteiger partial charge in [0.05, 0.1) is 13.2 Å². The Morgan fingerprint density at radius 3 is 2.68 bits per heavy atom. The molecule has 1 aromatic carbocycles. The minimum Gasteiger partial charge on any atom is -0.496 e. The van der Waals surface area contributed by atoms with E-state index in [1.54, 1.807) is 12.1 Å². The summed E-state index contributed by atoms with van der Waals surface area (Å²) in [6, 6.07) is 7.91. The summed E-state index contributed by atoms with van der Waals surface area (Å²) in [6.07, 6.45) is -1.11. The van der Waals surface area contributed by atoms with Crippen LogP contribution in [0.25, 0.3) is 0 Å². The molecule has 0 saturated heterocycles. The van der Waals surface area contributed by atoms with E-state index >= 15 is 0 Å². The molecule has 1 heterocycles. The lowest BCUT2D eigenvalue weighted by molar-refractivity contribution is -0.402. The Morgan fingerprint density at radius 1 is 1.37 bits per heavy atom. The number of methoxy groups -OCH3 is 1. The predicted molar refractivity (Wildman–Crippen MR) is 67.2 cm³/mol. The first-order valence-corrected chi connectivity index (χ1v) is 5.59. The molecule has 0 radical (unpaired) electrons. The van der Waals surface area contributed by atoms with Gasteiger partial charge in [-0.3, -0.25) is 10.1 Å². The second-order valence-corrected chi connectivity index (χ2v) is 4.08. The maximum atomic E-state index is 10.6. The van der Waals surface area contributed by atoms with Gasteiger partial charge in [0.1, 0.15) is 22.5 Å². The average Bonchev–Trinajstić information content (AvgIpc) is 2.87. The molecule has 0 spiro atoms. The first-order valence-electron chi connectivity index (χ1n) is 5.59. The molecule has 0 saturated carbocycles. The van der Waals surface area contributed by atoms with E-state index in [0.29, 0.717) is 11.3 Å². The molecule has 19 heavy (non-hydrogen) atoms. The molecule has 6 heteroatoms. The summed E-state index contributed by atoms with van der Waals surface area (Å²) in [5, 5.41) is 20.8. The molecule has 0 amide bonds. The smallest absolute Gasteiger partial charge is 0.433 e. The molecule has 1 atom stereocenters. The number of hydrogen-bond donors (Lipinski definition) is 1. The van der Waals surface area contributed by atoms with Crippen LogP contribution in [0.15, 0.2) is 34.7 Å². The average molecular weight is 263 g/mol. The minimum atomic E-state index is -1.11. The van der Waals surface area contributed by atoms with Crippen molar-refractivity contribution in [3.8, 4) is 5.75 Å². The van der Waals surface area contributed by atoms with E-state index in [9.17, 15) is 15.2 Å². The van der Waals surface area contributed by atoms with E-state index in [2.05, 4.69) is 0 Å². The van der Waals surface area contributed by atoms with E-state index in [0.717, 1.165) is 5.56 Å². The lowest BCUT2D eigenvalue weighted by Crippen LogP contribution is -2.01. The number of nitrogens with zero attached hydrogens (tertiary/aromatic N) is 1. The molecule has 0 bridgehead atoms. The van der Waals surface area contributed by atoms with Gasteiger partial charge in [-0.1, -0.05) is 11.6 Å². The highest BCUT2D eigenvalue weighted by atomic mass is 16.6. The Balaban J connectivity index is 2.39. The third-order valence-corrected chi connectivity index (χ3v) is 2.74. The fraction of sp³-hybridized carbons (Fsp3) is 0.231. The van der Waals surface area contributed by atoms with Gasteiger partial charge in [0.25, 0.3) is 0 Å². The Labute approximate surface area is 109 Å². The molecule has 100 valence electrons. The maximum Gasteiger partial charge on any atom is 0.433 e. The van der Waals surface area contributed by atoms with Crippen LogP contribution in [0.4, 0.5) is 5.88 Å². The van der Waals surface area contributed by atoms with Crippen LogP contribution in [-0.4, -0.2) is 17.1 Å². The van der Waals surface area contributed by atoms with Gasteiger partial charge in [0.2, 0.25) is 0 Å². The number of ether oxygens (including phenoxy) is 1. The Bertz CT molecular complexity index is 605. The number of hydrogen-bond acceptors (Lipinski definition) is 5. The number of benzene rings is 1. The summed E-state index contributed by atoms with van der Waals surface area (Å²) in [4.78, 5) is 9.91. The van der Waals surface area contributed by atoms with Crippen molar-refractivity contribution in [1.29, 1.82) is 0 Å². The highest BCUT2D eigenvalue weighted by Crippen LogP contribution is 2.32. The first kappa shape index (κ1) is 13.1. The van der Waals surface area contributed by atoms with Crippen LogP contribution in [0.5, 0.6) is 5.75 Å². The van der Waals surface area contributed by atoms with Crippen LogP contribution in [0.2, 0.25) is 0 Å². The molecule has 1 unspecified atom stereocenters. The predicted octanol–water partition coefficient (Wildman–Crippen LogP) is 2.59. The normalized spacial score (nSPS) is 12.2. The van der Waals surface area contributed by atoms with Gasteiger partial charge in [-0.15, -0.1) is 0 Å². The van der Waals surface area contributed by atoms with Crippen LogP contribution in [0, 0.1) is 17.0 Å². The van der Waals surface area contributed by atoms with Gasteiger partial charge >= 0.3 is 5.88 Å². The zero-order valence-corrected chi connectivity index (χ0v) is 10.5. The number of nitro groups is 1. The summed E-state index contributed by atoms with van der Waals surface area (Å²) < 4.78 is 10.2. The van der Waals surface area contributed by atoms with Crippen molar-refractivity contribution in [2.24, 2.45) is 0 Å². The molecule has 1 aromatic heterocycles.